The third-order valence-electron chi connectivity index (χ3n) is 3.59. The van der Waals surface area contributed by atoms with Crippen molar-refractivity contribution in [1.29, 1.82) is 0 Å². The maximum Gasteiger partial charge on any atom is 0.0409 e. The van der Waals surface area contributed by atoms with Gasteiger partial charge in [-0.2, -0.15) is 0 Å². The molecule has 0 bridgehead atoms. The fourth-order valence-electron chi connectivity index (χ4n) is 2.27. The van der Waals surface area contributed by atoms with Gasteiger partial charge in [-0.05, 0) is 48.6 Å². The zero-order valence-corrected chi connectivity index (χ0v) is 11.9. The van der Waals surface area contributed by atoms with E-state index in [1.807, 2.05) is 6.07 Å². The Morgan fingerprint density at radius 1 is 1.11 bits per heavy atom. The molecule has 1 fully saturated rings. The van der Waals surface area contributed by atoms with Gasteiger partial charge in [-0.25, -0.2) is 0 Å². The van der Waals surface area contributed by atoms with E-state index in [2.05, 4.69) is 48.6 Å². The topological polar surface area (TPSA) is 12.0 Å². The Labute approximate surface area is 119 Å². The summed E-state index contributed by atoms with van der Waals surface area (Å²) in [6.45, 7) is 3.01. The summed E-state index contributed by atoms with van der Waals surface area (Å²) in [7, 11) is 0. The molecule has 2 heteroatoms. The van der Waals surface area contributed by atoms with Crippen LogP contribution in [0, 0.1) is 6.92 Å². The average Bonchev–Trinajstić information content (AvgIpc) is 3.22. The van der Waals surface area contributed by atoms with Gasteiger partial charge in [0.15, 0.2) is 0 Å². The van der Waals surface area contributed by atoms with Crippen LogP contribution in [-0.4, -0.2) is 6.04 Å². The summed E-state index contributed by atoms with van der Waals surface area (Å²) >= 11 is 6.13. The molecule has 2 aromatic rings. The van der Waals surface area contributed by atoms with Gasteiger partial charge in [0.2, 0.25) is 0 Å². The maximum atomic E-state index is 6.13. The third-order valence-corrected chi connectivity index (χ3v) is 3.82. The maximum absolute atomic E-state index is 6.13. The van der Waals surface area contributed by atoms with Gasteiger partial charge in [-0.3, -0.25) is 0 Å². The molecule has 2 aromatic carbocycles. The van der Waals surface area contributed by atoms with Crippen molar-refractivity contribution in [3.8, 4) is 11.1 Å². The van der Waals surface area contributed by atoms with Crippen LogP contribution >= 0.6 is 11.6 Å². The quantitative estimate of drug-likeness (QED) is 0.859. The first-order chi connectivity index (χ1) is 9.22. The predicted molar refractivity (Wildman–Crippen MR) is 81.5 cm³/mol. The first-order valence-electron chi connectivity index (χ1n) is 6.81. The van der Waals surface area contributed by atoms with Crippen molar-refractivity contribution in [2.75, 3.05) is 0 Å². The average molecular weight is 272 g/mol. The molecule has 0 aromatic heterocycles. The van der Waals surface area contributed by atoms with Gasteiger partial charge in [0.25, 0.3) is 0 Å². The zero-order valence-electron chi connectivity index (χ0n) is 11.1. The van der Waals surface area contributed by atoms with Crippen LogP contribution in [0.5, 0.6) is 0 Å². The Kier molecular flexibility index (Phi) is 3.58. The summed E-state index contributed by atoms with van der Waals surface area (Å²) in [5.41, 5.74) is 5.10. The Balaban J connectivity index is 1.91. The van der Waals surface area contributed by atoms with Gasteiger partial charge in [0.1, 0.15) is 0 Å². The first-order valence-corrected chi connectivity index (χ1v) is 7.19. The number of rotatable bonds is 4. The Morgan fingerprint density at radius 3 is 2.53 bits per heavy atom. The highest BCUT2D eigenvalue weighted by molar-refractivity contribution is 6.30. The second kappa shape index (κ2) is 5.36. The zero-order chi connectivity index (χ0) is 13.2. The summed E-state index contributed by atoms with van der Waals surface area (Å²) in [4.78, 5) is 0. The number of benzene rings is 2. The molecular weight excluding hydrogens is 254 g/mol. The van der Waals surface area contributed by atoms with Gasteiger partial charge in [0, 0.05) is 17.6 Å². The van der Waals surface area contributed by atoms with E-state index in [4.69, 9.17) is 11.6 Å². The molecule has 1 nitrogen and oxygen atoms in total. The third kappa shape index (κ3) is 3.17. The molecule has 1 N–H and O–H groups in total. The molecule has 0 aliphatic heterocycles. The molecule has 1 saturated carbocycles. The van der Waals surface area contributed by atoms with Crippen LogP contribution in [0.4, 0.5) is 0 Å². The first kappa shape index (κ1) is 12.7. The summed E-state index contributed by atoms with van der Waals surface area (Å²) in [5.74, 6) is 0. The second-order valence-electron chi connectivity index (χ2n) is 5.32. The number of hydrogen-bond acceptors (Lipinski definition) is 1. The molecule has 0 saturated heterocycles. The van der Waals surface area contributed by atoms with Gasteiger partial charge in [-0.15, -0.1) is 0 Å². The number of hydrogen-bond donors (Lipinski definition) is 1. The lowest BCUT2D eigenvalue weighted by Gasteiger charge is -2.11. The highest BCUT2D eigenvalue weighted by atomic mass is 35.5. The van der Waals surface area contributed by atoms with Crippen molar-refractivity contribution in [1.82, 2.24) is 5.32 Å². The molecule has 98 valence electrons. The minimum atomic E-state index is 0.713. The van der Waals surface area contributed by atoms with Crippen LogP contribution in [0.25, 0.3) is 11.1 Å². The molecule has 0 radical (unpaired) electrons. The van der Waals surface area contributed by atoms with Crippen LogP contribution < -0.4 is 5.32 Å². The van der Waals surface area contributed by atoms with Crippen molar-refractivity contribution in [3.63, 3.8) is 0 Å². The van der Waals surface area contributed by atoms with E-state index < -0.39 is 0 Å². The minimum Gasteiger partial charge on any atom is -0.310 e. The molecule has 0 heterocycles. The highest BCUT2D eigenvalue weighted by Gasteiger charge is 2.20. The Hall–Kier alpha value is -1.31. The van der Waals surface area contributed by atoms with Crippen LogP contribution in [0.3, 0.4) is 0 Å². The SMILES string of the molecule is Cc1ccc(-c2ccc(Cl)cc2CNC2CC2)cc1. The highest BCUT2D eigenvalue weighted by Crippen LogP contribution is 2.28. The number of nitrogens with one attached hydrogen (secondary N) is 1. The molecule has 1 aliphatic rings. The number of halogens is 1. The smallest absolute Gasteiger partial charge is 0.0409 e. The van der Waals surface area contributed by atoms with Gasteiger partial charge in [-0.1, -0.05) is 47.5 Å². The summed E-state index contributed by atoms with van der Waals surface area (Å²) < 4.78 is 0. The standard InChI is InChI=1S/C17H18ClN/c1-12-2-4-13(5-3-12)17-9-6-15(18)10-14(17)11-19-16-7-8-16/h2-6,9-10,16,19H,7-8,11H2,1H3. The fraction of sp³-hybridized carbons (Fsp3) is 0.294. The van der Waals surface area contributed by atoms with Crippen molar-refractivity contribution in [2.45, 2.75) is 32.4 Å². The van der Waals surface area contributed by atoms with Gasteiger partial charge >= 0.3 is 0 Å². The molecule has 0 unspecified atom stereocenters. The summed E-state index contributed by atoms with van der Waals surface area (Å²) in [6, 6.07) is 15.5. The summed E-state index contributed by atoms with van der Waals surface area (Å²) in [5, 5.41) is 4.37. The van der Waals surface area contributed by atoms with Crippen LogP contribution in [0.15, 0.2) is 42.5 Å². The number of aryl methyl sites for hydroxylation is 1. The normalized spacial score (nSPS) is 14.6. The van der Waals surface area contributed by atoms with E-state index in [0.29, 0.717) is 6.04 Å². The monoisotopic (exact) mass is 271 g/mol. The fourth-order valence-corrected chi connectivity index (χ4v) is 2.46. The van der Waals surface area contributed by atoms with E-state index in [1.165, 1.54) is 35.1 Å². The molecule has 1 aliphatic carbocycles. The largest absolute Gasteiger partial charge is 0.310 e. The van der Waals surface area contributed by atoms with E-state index in [9.17, 15) is 0 Å². The van der Waals surface area contributed by atoms with E-state index in [0.717, 1.165) is 11.6 Å². The molecule has 0 atom stereocenters. The Morgan fingerprint density at radius 2 is 1.84 bits per heavy atom. The van der Waals surface area contributed by atoms with E-state index >= 15 is 0 Å². The van der Waals surface area contributed by atoms with Crippen molar-refractivity contribution >= 4 is 11.6 Å². The Bertz CT molecular complexity index is 570. The molecular formula is C17H18ClN. The molecule has 3 rings (SSSR count). The van der Waals surface area contributed by atoms with Crippen LogP contribution in [0.1, 0.15) is 24.0 Å². The lowest BCUT2D eigenvalue weighted by atomic mass is 9.99. The van der Waals surface area contributed by atoms with Crippen LogP contribution in [-0.2, 0) is 6.54 Å². The summed E-state index contributed by atoms with van der Waals surface area (Å²) in [6.07, 6.45) is 2.61. The van der Waals surface area contributed by atoms with Crippen LogP contribution in [0.2, 0.25) is 5.02 Å². The lowest BCUT2D eigenvalue weighted by molar-refractivity contribution is 0.689. The predicted octanol–water partition coefficient (Wildman–Crippen LogP) is 4.57. The van der Waals surface area contributed by atoms with Crippen molar-refractivity contribution in [2.24, 2.45) is 0 Å². The van der Waals surface area contributed by atoms with E-state index in [-0.39, 0.29) is 0 Å². The van der Waals surface area contributed by atoms with Gasteiger partial charge < -0.3 is 5.32 Å². The molecule has 0 amide bonds. The van der Waals surface area contributed by atoms with Gasteiger partial charge in [0.05, 0.1) is 0 Å². The minimum absolute atomic E-state index is 0.713. The van der Waals surface area contributed by atoms with Crippen molar-refractivity contribution < 1.29 is 0 Å². The lowest BCUT2D eigenvalue weighted by Crippen LogP contribution is -2.15. The van der Waals surface area contributed by atoms with Crippen molar-refractivity contribution in [3.05, 3.63) is 58.6 Å². The molecule has 19 heavy (non-hydrogen) atoms. The molecule has 0 spiro atoms. The second-order valence-corrected chi connectivity index (χ2v) is 5.76. The van der Waals surface area contributed by atoms with E-state index in [1.54, 1.807) is 0 Å².